The molecular formula is C15H29N5O. The van der Waals surface area contributed by atoms with Crippen LogP contribution in [0.1, 0.15) is 39.4 Å². The number of methoxy groups -OCH3 is 1. The third-order valence-electron chi connectivity index (χ3n) is 3.47. The number of ether oxygens (including phenoxy) is 1. The molecular weight excluding hydrogens is 266 g/mol. The van der Waals surface area contributed by atoms with Crippen molar-refractivity contribution < 1.29 is 4.74 Å². The summed E-state index contributed by atoms with van der Waals surface area (Å²) in [5.41, 5.74) is 5.79. The molecule has 1 rings (SSSR count). The van der Waals surface area contributed by atoms with E-state index in [1.165, 1.54) is 6.42 Å². The SMILES string of the molecule is CCN(CC)CCCC(C)Nc1cc(N)nc(COC)n1. The third kappa shape index (κ3) is 6.73. The number of nitrogen functional groups attached to an aromatic ring is 1. The molecule has 1 aromatic heterocycles. The van der Waals surface area contributed by atoms with Gasteiger partial charge in [0.2, 0.25) is 0 Å². The number of hydrogen-bond acceptors (Lipinski definition) is 6. The topological polar surface area (TPSA) is 76.3 Å². The second-order valence-electron chi connectivity index (χ2n) is 5.24. The second kappa shape index (κ2) is 9.52. The first-order chi connectivity index (χ1) is 10.1. The van der Waals surface area contributed by atoms with Gasteiger partial charge in [-0.05, 0) is 39.4 Å². The lowest BCUT2D eigenvalue weighted by molar-refractivity contribution is 0.178. The number of nitrogens with one attached hydrogen (secondary N) is 1. The van der Waals surface area contributed by atoms with Gasteiger partial charge in [0, 0.05) is 19.2 Å². The highest BCUT2D eigenvalue weighted by molar-refractivity contribution is 5.45. The molecule has 120 valence electrons. The maximum Gasteiger partial charge on any atom is 0.158 e. The van der Waals surface area contributed by atoms with E-state index >= 15 is 0 Å². The fraction of sp³-hybridized carbons (Fsp3) is 0.733. The van der Waals surface area contributed by atoms with E-state index in [1.807, 2.05) is 0 Å². The van der Waals surface area contributed by atoms with Crippen molar-refractivity contribution in [3.63, 3.8) is 0 Å². The molecule has 0 aliphatic rings. The van der Waals surface area contributed by atoms with E-state index in [2.05, 4.69) is 41.0 Å². The molecule has 1 atom stereocenters. The summed E-state index contributed by atoms with van der Waals surface area (Å²) >= 11 is 0. The van der Waals surface area contributed by atoms with Crippen molar-refractivity contribution in [2.45, 2.75) is 46.3 Å². The number of hydrogen-bond donors (Lipinski definition) is 2. The molecule has 0 saturated carbocycles. The molecule has 1 unspecified atom stereocenters. The highest BCUT2D eigenvalue weighted by Gasteiger charge is 2.07. The van der Waals surface area contributed by atoms with Crippen LogP contribution < -0.4 is 11.1 Å². The zero-order valence-corrected chi connectivity index (χ0v) is 13.7. The van der Waals surface area contributed by atoms with Crippen LogP contribution in [0.25, 0.3) is 0 Å². The maximum atomic E-state index is 5.79. The van der Waals surface area contributed by atoms with E-state index in [9.17, 15) is 0 Å². The van der Waals surface area contributed by atoms with Gasteiger partial charge >= 0.3 is 0 Å². The van der Waals surface area contributed by atoms with Crippen LogP contribution in [0.2, 0.25) is 0 Å². The van der Waals surface area contributed by atoms with Crippen molar-refractivity contribution in [1.82, 2.24) is 14.9 Å². The molecule has 0 saturated heterocycles. The van der Waals surface area contributed by atoms with Gasteiger partial charge in [-0.3, -0.25) is 0 Å². The Bertz CT molecular complexity index is 409. The van der Waals surface area contributed by atoms with Gasteiger partial charge in [0.05, 0.1) is 0 Å². The summed E-state index contributed by atoms with van der Waals surface area (Å²) < 4.78 is 5.04. The predicted octanol–water partition coefficient (Wildman–Crippen LogP) is 2.13. The first-order valence-corrected chi connectivity index (χ1v) is 7.70. The fourth-order valence-electron chi connectivity index (χ4n) is 2.27. The van der Waals surface area contributed by atoms with Crippen LogP contribution in [0.5, 0.6) is 0 Å². The minimum atomic E-state index is 0.352. The van der Waals surface area contributed by atoms with Crippen molar-refractivity contribution in [3.8, 4) is 0 Å². The number of nitrogens with two attached hydrogens (primary N) is 1. The first kappa shape index (κ1) is 17.7. The molecule has 0 aliphatic carbocycles. The Balaban J connectivity index is 2.45. The minimum Gasteiger partial charge on any atom is -0.384 e. The summed E-state index contributed by atoms with van der Waals surface area (Å²) in [6, 6.07) is 2.12. The Labute approximate surface area is 128 Å². The Morgan fingerprint density at radius 3 is 2.67 bits per heavy atom. The highest BCUT2D eigenvalue weighted by atomic mass is 16.5. The van der Waals surface area contributed by atoms with E-state index in [0.717, 1.165) is 31.9 Å². The molecule has 0 aromatic carbocycles. The van der Waals surface area contributed by atoms with E-state index in [1.54, 1.807) is 13.2 Å². The van der Waals surface area contributed by atoms with Crippen LogP contribution >= 0.6 is 0 Å². The molecule has 1 aromatic rings. The van der Waals surface area contributed by atoms with Crippen molar-refractivity contribution in [2.24, 2.45) is 0 Å². The van der Waals surface area contributed by atoms with Crippen LogP contribution in [0.15, 0.2) is 6.07 Å². The van der Waals surface area contributed by atoms with Crippen molar-refractivity contribution in [1.29, 1.82) is 0 Å². The molecule has 1 heterocycles. The standard InChI is InChI=1S/C15H29N5O/c1-5-20(6-2)9-7-8-12(3)17-14-10-13(16)18-15(19-14)11-21-4/h10,12H,5-9,11H2,1-4H3,(H3,16,17,18,19). The largest absolute Gasteiger partial charge is 0.384 e. The Morgan fingerprint density at radius 1 is 1.33 bits per heavy atom. The maximum absolute atomic E-state index is 5.79. The first-order valence-electron chi connectivity index (χ1n) is 7.70. The predicted molar refractivity (Wildman–Crippen MR) is 87.3 cm³/mol. The van der Waals surface area contributed by atoms with Crippen LogP contribution in [0, 0.1) is 0 Å². The zero-order valence-electron chi connectivity index (χ0n) is 13.7. The quantitative estimate of drug-likeness (QED) is 0.688. The zero-order chi connectivity index (χ0) is 15.7. The van der Waals surface area contributed by atoms with Gasteiger partial charge in [-0.15, -0.1) is 0 Å². The Morgan fingerprint density at radius 2 is 2.05 bits per heavy atom. The molecule has 6 heteroatoms. The van der Waals surface area contributed by atoms with E-state index in [-0.39, 0.29) is 0 Å². The summed E-state index contributed by atoms with van der Waals surface area (Å²) in [6.07, 6.45) is 2.27. The normalized spacial score (nSPS) is 12.6. The number of nitrogens with zero attached hydrogens (tertiary/aromatic N) is 3. The van der Waals surface area contributed by atoms with Gasteiger partial charge in [-0.2, -0.15) is 0 Å². The number of rotatable bonds is 10. The smallest absolute Gasteiger partial charge is 0.158 e. The van der Waals surface area contributed by atoms with Gasteiger partial charge in [0.1, 0.15) is 18.2 Å². The van der Waals surface area contributed by atoms with Crippen LogP contribution in [-0.2, 0) is 11.3 Å². The molecule has 0 bridgehead atoms. The van der Waals surface area contributed by atoms with Crippen molar-refractivity contribution in [2.75, 3.05) is 37.8 Å². The van der Waals surface area contributed by atoms with Gasteiger partial charge in [-0.1, -0.05) is 13.8 Å². The average Bonchev–Trinajstić information content (AvgIpc) is 2.43. The molecule has 21 heavy (non-hydrogen) atoms. The Hall–Kier alpha value is -1.40. The molecule has 0 aliphatic heterocycles. The van der Waals surface area contributed by atoms with Crippen molar-refractivity contribution in [3.05, 3.63) is 11.9 Å². The molecule has 6 nitrogen and oxygen atoms in total. The summed E-state index contributed by atoms with van der Waals surface area (Å²) in [6.45, 7) is 10.3. The van der Waals surface area contributed by atoms with Gasteiger partial charge in [0.15, 0.2) is 5.82 Å². The lowest BCUT2D eigenvalue weighted by atomic mass is 10.1. The van der Waals surface area contributed by atoms with E-state index in [0.29, 0.717) is 24.3 Å². The number of anilines is 2. The lowest BCUT2D eigenvalue weighted by Crippen LogP contribution is -2.25. The van der Waals surface area contributed by atoms with Gasteiger partial charge in [-0.25, -0.2) is 9.97 Å². The van der Waals surface area contributed by atoms with E-state index in [4.69, 9.17) is 10.5 Å². The summed E-state index contributed by atoms with van der Waals surface area (Å²) in [5.74, 6) is 1.84. The van der Waals surface area contributed by atoms with E-state index < -0.39 is 0 Å². The third-order valence-corrected chi connectivity index (χ3v) is 3.47. The van der Waals surface area contributed by atoms with Gasteiger partial charge in [0.25, 0.3) is 0 Å². The summed E-state index contributed by atoms with van der Waals surface area (Å²) in [7, 11) is 1.62. The highest BCUT2D eigenvalue weighted by Crippen LogP contribution is 2.12. The van der Waals surface area contributed by atoms with Crippen LogP contribution in [-0.4, -0.2) is 47.7 Å². The molecule has 0 radical (unpaired) electrons. The molecule has 0 fully saturated rings. The van der Waals surface area contributed by atoms with Crippen LogP contribution in [0.3, 0.4) is 0 Å². The average molecular weight is 295 g/mol. The molecule has 0 amide bonds. The summed E-state index contributed by atoms with van der Waals surface area (Å²) in [5, 5.41) is 3.39. The minimum absolute atomic E-state index is 0.352. The lowest BCUT2D eigenvalue weighted by Gasteiger charge is -2.20. The number of aromatic nitrogens is 2. The fourth-order valence-corrected chi connectivity index (χ4v) is 2.27. The van der Waals surface area contributed by atoms with Gasteiger partial charge < -0.3 is 20.7 Å². The Kier molecular flexibility index (Phi) is 8.00. The van der Waals surface area contributed by atoms with Crippen LogP contribution in [0.4, 0.5) is 11.6 Å². The summed E-state index contributed by atoms with van der Waals surface area (Å²) in [4.78, 5) is 11.0. The molecule has 0 spiro atoms. The second-order valence-corrected chi connectivity index (χ2v) is 5.24. The molecule has 3 N–H and O–H groups in total. The monoisotopic (exact) mass is 295 g/mol. The van der Waals surface area contributed by atoms with Crippen molar-refractivity contribution >= 4 is 11.6 Å².